The average molecular weight is 336 g/mol. The van der Waals surface area contributed by atoms with Gasteiger partial charge in [-0.2, -0.15) is 0 Å². The standard InChI is InChI=1S/C17H33N7/c1-6-18-16(19-12-15-22-21-14(2)23(15)5)20-13-17(3,4)24-10-8-7-9-11-24/h6-13H2,1-5H3,(H2,18,19,20). The quantitative estimate of drug-likeness (QED) is 0.608. The van der Waals surface area contributed by atoms with Crippen molar-refractivity contribution in [1.82, 2.24) is 30.3 Å². The Balaban J connectivity index is 1.94. The van der Waals surface area contributed by atoms with Crippen LogP contribution in [0.1, 0.15) is 51.7 Å². The average Bonchev–Trinajstić information content (AvgIpc) is 2.90. The van der Waals surface area contributed by atoms with Crippen molar-refractivity contribution in [2.24, 2.45) is 12.0 Å². The van der Waals surface area contributed by atoms with E-state index in [9.17, 15) is 0 Å². The van der Waals surface area contributed by atoms with E-state index in [2.05, 4.69) is 51.5 Å². The molecule has 7 heteroatoms. The molecule has 0 bridgehead atoms. The lowest BCUT2D eigenvalue weighted by molar-refractivity contribution is 0.0982. The topological polar surface area (TPSA) is 70.4 Å². The summed E-state index contributed by atoms with van der Waals surface area (Å²) in [7, 11) is 1.97. The zero-order valence-corrected chi connectivity index (χ0v) is 15.9. The first kappa shape index (κ1) is 18.7. The molecule has 0 aliphatic carbocycles. The molecule has 1 aromatic heterocycles. The Bertz CT molecular complexity index is 541. The Kier molecular flexibility index (Phi) is 6.60. The molecule has 1 aromatic rings. The maximum absolute atomic E-state index is 4.66. The molecule has 136 valence electrons. The van der Waals surface area contributed by atoms with Crippen LogP contribution in [0.3, 0.4) is 0 Å². The number of piperidine rings is 1. The smallest absolute Gasteiger partial charge is 0.191 e. The molecule has 0 unspecified atom stereocenters. The summed E-state index contributed by atoms with van der Waals surface area (Å²) in [6, 6.07) is 0. The number of rotatable bonds is 6. The van der Waals surface area contributed by atoms with Crippen molar-refractivity contribution in [3.05, 3.63) is 11.6 Å². The molecule has 1 fully saturated rings. The summed E-state index contributed by atoms with van der Waals surface area (Å²) in [6.07, 6.45) is 3.98. The number of nitrogens with one attached hydrogen (secondary N) is 2. The van der Waals surface area contributed by atoms with Crippen LogP contribution in [-0.2, 0) is 13.6 Å². The van der Waals surface area contributed by atoms with Gasteiger partial charge in [-0.3, -0.25) is 4.90 Å². The van der Waals surface area contributed by atoms with Crippen molar-refractivity contribution in [1.29, 1.82) is 0 Å². The lowest BCUT2D eigenvalue weighted by Crippen LogP contribution is -2.54. The second-order valence-electron chi connectivity index (χ2n) is 7.13. The third-order valence-corrected chi connectivity index (χ3v) is 4.81. The molecule has 1 aliphatic heterocycles. The van der Waals surface area contributed by atoms with Gasteiger partial charge in [0.2, 0.25) is 0 Å². The fourth-order valence-electron chi connectivity index (χ4n) is 2.99. The zero-order valence-electron chi connectivity index (χ0n) is 15.9. The highest BCUT2D eigenvalue weighted by Crippen LogP contribution is 2.19. The molecular weight excluding hydrogens is 302 g/mol. The van der Waals surface area contributed by atoms with E-state index >= 15 is 0 Å². The van der Waals surface area contributed by atoms with E-state index in [-0.39, 0.29) is 5.54 Å². The summed E-state index contributed by atoms with van der Waals surface area (Å²) in [5.74, 6) is 2.62. The number of hydrogen-bond donors (Lipinski definition) is 2. The first-order valence-corrected chi connectivity index (χ1v) is 9.06. The van der Waals surface area contributed by atoms with Gasteiger partial charge < -0.3 is 15.2 Å². The molecule has 2 rings (SSSR count). The minimum atomic E-state index is 0.123. The highest BCUT2D eigenvalue weighted by molar-refractivity contribution is 5.79. The number of aromatic nitrogens is 3. The van der Waals surface area contributed by atoms with Crippen LogP contribution in [0.2, 0.25) is 0 Å². The van der Waals surface area contributed by atoms with Crippen molar-refractivity contribution in [2.75, 3.05) is 26.2 Å². The van der Waals surface area contributed by atoms with Gasteiger partial charge in [0, 0.05) is 25.7 Å². The number of hydrogen-bond acceptors (Lipinski definition) is 4. The van der Waals surface area contributed by atoms with E-state index < -0.39 is 0 Å². The lowest BCUT2D eigenvalue weighted by atomic mass is 9.98. The number of aliphatic imine (C=N–C) groups is 1. The van der Waals surface area contributed by atoms with Crippen LogP contribution in [0, 0.1) is 6.92 Å². The molecule has 0 atom stereocenters. The summed E-state index contributed by atoms with van der Waals surface area (Å²) in [5.41, 5.74) is 0.123. The fourth-order valence-corrected chi connectivity index (χ4v) is 2.99. The summed E-state index contributed by atoms with van der Waals surface area (Å²) in [6.45, 7) is 13.3. The van der Waals surface area contributed by atoms with Crippen molar-refractivity contribution < 1.29 is 0 Å². The largest absolute Gasteiger partial charge is 0.357 e. The highest BCUT2D eigenvalue weighted by Gasteiger charge is 2.27. The SMILES string of the molecule is CCNC(=NCc1nnc(C)n1C)NCC(C)(C)N1CCCCC1. The monoisotopic (exact) mass is 335 g/mol. The van der Waals surface area contributed by atoms with Gasteiger partial charge in [0.15, 0.2) is 11.8 Å². The van der Waals surface area contributed by atoms with E-state index in [0.717, 1.165) is 30.7 Å². The summed E-state index contributed by atoms with van der Waals surface area (Å²) < 4.78 is 1.98. The molecule has 0 radical (unpaired) electrons. The molecule has 24 heavy (non-hydrogen) atoms. The van der Waals surface area contributed by atoms with Gasteiger partial charge in [-0.05, 0) is 53.6 Å². The van der Waals surface area contributed by atoms with Gasteiger partial charge in [0.1, 0.15) is 12.4 Å². The van der Waals surface area contributed by atoms with Crippen LogP contribution in [0.4, 0.5) is 0 Å². The molecule has 7 nitrogen and oxygen atoms in total. The summed E-state index contributed by atoms with van der Waals surface area (Å²) >= 11 is 0. The minimum absolute atomic E-state index is 0.123. The molecule has 0 spiro atoms. The van der Waals surface area contributed by atoms with Gasteiger partial charge in [-0.25, -0.2) is 4.99 Å². The Morgan fingerprint density at radius 1 is 1.17 bits per heavy atom. The molecular formula is C17H33N7. The number of aryl methyl sites for hydroxylation is 1. The molecule has 1 aliphatic rings. The molecule has 1 saturated heterocycles. The van der Waals surface area contributed by atoms with Gasteiger partial charge in [-0.1, -0.05) is 6.42 Å². The van der Waals surface area contributed by atoms with Crippen molar-refractivity contribution >= 4 is 5.96 Å². The zero-order chi connectivity index (χ0) is 17.6. The van der Waals surface area contributed by atoms with E-state index in [1.807, 2.05) is 18.5 Å². The summed E-state index contributed by atoms with van der Waals surface area (Å²) in [5, 5.41) is 15.1. The molecule has 2 N–H and O–H groups in total. The Morgan fingerprint density at radius 2 is 1.88 bits per heavy atom. The number of likely N-dealkylation sites (tertiary alicyclic amines) is 1. The fraction of sp³-hybridized carbons (Fsp3) is 0.824. The van der Waals surface area contributed by atoms with Crippen molar-refractivity contribution in [3.8, 4) is 0 Å². The van der Waals surface area contributed by atoms with Crippen LogP contribution in [-0.4, -0.2) is 57.3 Å². The third-order valence-electron chi connectivity index (χ3n) is 4.81. The Hall–Kier alpha value is -1.63. The summed E-state index contributed by atoms with van der Waals surface area (Å²) in [4.78, 5) is 7.24. The van der Waals surface area contributed by atoms with E-state index in [0.29, 0.717) is 6.54 Å². The normalized spacial score (nSPS) is 17.1. The predicted octanol–water partition coefficient (Wildman–Crippen LogP) is 1.44. The number of nitrogens with zero attached hydrogens (tertiary/aromatic N) is 5. The second kappa shape index (κ2) is 8.46. The van der Waals surface area contributed by atoms with Gasteiger partial charge in [0.05, 0.1) is 0 Å². The minimum Gasteiger partial charge on any atom is -0.357 e. The van der Waals surface area contributed by atoms with E-state index in [4.69, 9.17) is 0 Å². The molecule has 2 heterocycles. The van der Waals surface area contributed by atoms with Crippen LogP contribution in [0.5, 0.6) is 0 Å². The van der Waals surface area contributed by atoms with Crippen molar-refractivity contribution in [2.45, 2.75) is 59.0 Å². The predicted molar refractivity (Wildman–Crippen MR) is 98.1 cm³/mol. The van der Waals surface area contributed by atoms with E-state index in [1.54, 1.807) is 0 Å². The van der Waals surface area contributed by atoms with Gasteiger partial charge in [0.25, 0.3) is 0 Å². The number of guanidine groups is 1. The van der Waals surface area contributed by atoms with Gasteiger partial charge >= 0.3 is 0 Å². The Morgan fingerprint density at radius 3 is 2.46 bits per heavy atom. The van der Waals surface area contributed by atoms with Crippen LogP contribution in [0.15, 0.2) is 4.99 Å². The van der Waals surface area contributed by atoms with Crippen LogP contribution < -0.4 is 10.6 Å². The van der Waals surface area contributed by atoms with Gasteiger partial charge in [-0.15, -0.1) is 10.2 Å². The maximum atomic E-state index is 4.66. The highest BCUT2D eigenvalue weighted by atomic mass is 15.3. The molecule has 0 aromatic carbocycles. The first-order valence-electron chi connectivity index (χ1n) is 9.06. The maximum Gasteiger partial charge on any atom is 0.191 e. The van der Waals surface area contributed by atoms with Crippen LogP contribution in [0.25, 0.3) is 0 Å². The third kappa shape index (κ3) is 4.93. The molecule has 0 amide bonds. The van der Waals surface area contributed by atoms with Crippen LogP contribution >= 0.6 is 0 Å². The Labute approximate surface area is 145 Å². The second-order valence-corrected chi connectivity index (χ2v) is 7.13. The molecule has 0 saturated carbocycles. The first-order chi connectivity index (χ1) is 11.4. The van der Waals surface area contributed by atoms with Crippen molar-refractivity contribution in [3.63, 3.8) is 0 Å². The van der Waals surface area contributed by atoms with E-state index in [1.165, 1.54) is 32.4 Å². The lowest BCUT2D eigenvalue weighted by Gasteiger charge is -2.41.